The minimum Gasteiger partial charge on any atom is -0.314 e. The number of hydrogen-bond donors (Lipinski definition) is 1. The normalized spacial score (nSPS) is 34.9. The van der Waals surface area contributed by atoms with Gasteiger partial charge < -0.3 is 10.2 Å². The standard InChI is InChI=1S/C11H23N3/c1-11(2)9-12-5-7-14(11)10-4-6-13(3)8-10/h10,12H,4-9H2,1-3H3. The number of nitrogens with zero attached hydrogens (tertiary/aromatic N) is 2. The maximum absolute atomic E-state index is 3.48. The van der Waals surface area contributed by atoms with Crippen molar-refractivity contribution in [2.45, 2.75) is 31.8 Å². The molecular formula is C11H23N3. The maximum Gasteiger partial charge on any atom is 0.0281 e. The van der Waals surface area contributed by atoms with Crippen LogP contribution in [-0.4, -0.2) is 61.2 Å². The Labute approximate surface area is 87.4 Å². The number of likely N-dealkylation sites (N-methyl/N-ethyl adjacent to an activating group) is 1. The molecule has 0 spiro atoms. The van der Waals surface area contributed by atoms with Gasteiger partial charge in [-0.05, 0) is 33.9 Å². The summed E-state index contributed by atoms with van der Waals surface area (Å²) in [6.07, 6.45) is 1.35. The lowest BCUT2D eigenvalue weighted by molar-refractivity contribution is 0.0491. The lowest BCUT2D eigenvalue weighted by Crippen LogP contribution is -2.61. The van der Waals surface area contributed by atoms with E-state index in [1.807, 2.05) is 0 Å². The van der Waals surface area contributed by atoms with Crippen LogP contribution in [0.5, 0.6) is 0 Å². The zero-order valence-corrected chi connectivity index (χ0v) is 9.71. The zero-order chi connectivity index (χ0) is 10.2. The smallest absolute Gasteiger partial charge is 0.0281 e. The van der Waals surface area contributed by atoms with E-state index in [0.717, 1.165) is 19.1 Å². The average Bonchev–Trinajstić information content (AvgIpc) is 2.51. The average molecular weight is 197 g/mol. The van der Waals surface area contributed by atoms with Gasteiger partial charge in [0.05, 0.1) is 0 Å². The van der Waals surface area contributed by atoms with Gasteiger partial charge in [0.25, 0.3) is 0 Å². The molecule has 2 heterocycles. The van der Waals surface area contributed by atoms with E-state index >= 15 is 0 Å². The summed E-state index contributed by atoms with van der Waals surface area (Å²) in [5, 5.41) is 3.48. The van der Waals surface area contributed by atoms with Crippen LogP contribution in [0.3, 0.4) is 0 Å². The van der Waals surface area contributed by atoms with Gasteiger partial charge in [0.1, 0.15) is 0 Å². The molecule has 0 aromatic rings. The van der Waals surface area contributed by atoms with Gasteiger partial charge in [0.15, 0.2) is 0 Å². The summed E-state index contributed by atoms with van der Waals surface area (Å²) in [5.74, 6) is 0. The quantitative estimate of drug-likeness (QED) is 0.655. The second-order valence-corrected chi connectivity index (χ2v) is 5.39. The number of hydrogen-bond acceptors (Lipinski definition) is 3. The predicted octanol–water partition coefficient (Wildman–Crippen LogP) is 0.374. The summed E-state index contributed by atoms with van der Waals surface area (Å²) in [5.41, 5.74) is 0.341. The number of piperazine rings is 1. The molecule has 2 rings (SSSR count). The number of likely N-dealkylation sites (tertiary alicyclic amines) is 1. The van der Waals surface area contributed by atoms with Crippen LogP contribution in [0, 0.1) is 0 Å². The third kappa shape index (κ3) is 1.95. The van der Waals surface area contributed by atoms with Crippen LogP contribution < -0.4 is 5.32 Å². The molecule has 14 heavy (non-hydrogen) atoms. The highest BCUT2D eigenvalue weighted by Gasteiger charge is 2.36. The molecule has 2 aliphatic rings. The number of nitrogens with one attached hydrogen (secondary N) is 1. The molecule has 2 aliphatic heterocycles. The fourth-order valence-electron chi connectivity index (χ4n) is 2.84. The van der Waals surface area contributed by atoms with Crippen molar-refractivity contribution in [1.29, 1.82) is 0 Å². The van der Waals surface area contributed by atoms with Gasteiger partial charge in [-0.3, -0.25) is 4.90 Å². The van der Waals surface area contributed by atoms with Crippen LogP contribution in [0.25, 0.3) is 0 Å². The van der Waals surface area contributed by atoms with Gasteiger partial charge in [-0.25, -0.2) is 0 Å². The monoisotopic (exact) mass is 197 g/mol. The van der Waals surface area contributed by atoms with E-state index in [9.17, 15) is 0 Å². The molecule has 3 nitrogen and oxygen atoms in total. The number of rotatable bonds is 1. The first-order valence-electron chi connectivity index (χ1n) is 5.75. The molecule has 1 N–H and O–H groups in total. The van der Waals surface area contributed by atoms with Crippen molar-refractivity contribution in [2.75, 3.05) is 39.8 Å². The highest BCUT2D eigenvalue weighted by atomic mass is 15.3. The Balaban J connectivity index is 2.01. The van der Waals surface area contributed by atoms with Gasteiger partial charge in [-0.1, -0.05) is 0 Å². The summed E-state index contributed by atoms with van der Waals surface area (Å²) in [6, 6.07) is 0.789. The molecule has 0 saturated carbocycles. The van der Waals surface area contributed by atoms with Crippen LogP contribution in [0.4, 0.5) is 0 Å². The minimum atomic E-state index is 0.341. The third-order valence-corrected chi connectivity index (χ3v) is 3.67. The molecule has 0 radical (unpaired) electrons. The molecule has 0 aromatic heterocycles. The molecule has 3 heteroatoms. The topological polar surface area (TPSA) is 18.5 Å². The second-order valence-electron chi connectivity index (χ2n) is 5.39. The lowest BCUT2D eigenvalue weighted by atomic mass is 9.97. The van der Waals surface area contributed by atoms with Gasteiger partial charge in [-0.15, -0.1) is 0 Å². The maximum atomic E-state index is 3.48. The lowest BCUT2D eigenvalue weighted by Gasteiger charge is -2.46. The minimum absolute atomic E-state index is 0.341. The van der Waals surface area contributed by atoms with Crippen LogP contribution in [-0.2, 0) is 0 Å². The highest BCUT2D eigenvalue weighted by Crippen LogP contribution is 2.24. The summed E-state index contributed by atoms with van der Waals surface area (Å²) < 4.78 is 0. The molecule has 0 amide bonds. The fourth-order valence-corrected chi connectivity index (χ4v) is 2.84. The van der Waals surface area contributed by atoms with Crippen molar-refractivity contribution in [3.8, 4) is 0 Å². The Bertz CT molecular complexity index is 203. The van der Waals surface area contributed by atoms with Crippen LogP contribution in [0.2, 0.25) is 0 Å². The molecule has 2 fully saturated rings. The van der Waals surface area contributed by atoms with E-state index in [4.69, 9.17) is 0 Å². The van der Waals surface area contributed by atoms with Crippen molar-refractivity contribution >= 4 is 0 Å². The molecular weight excluding hydrogens is 174 g/mol. The second kappa shape index (κ2) is 3.80. The Kier molecular flexibility index (Phi) is 2.82. The first kappa shape index (κ1) is 10.4. The van der Waals surface area contributed by atoms with E-state index in [1.54, 1.807) is 0 Å². The van der Waals surface area contributed by atoms with Crippen molar-refractivity contribution in [3.05, 3.63) is 0 Å². The Morgan fingerprint density at radius 3 is 2.64 bits per heavy atom. The van der Waals surface area contributed by atoms with E-state index in [0.29, 0.717) is 5.54 Å². The zero-order valence-electron chi connectivity index (χ0n) is 9.71. The fraction of sp³-hybridized carbons (Fsp3) is 1.00. The first-order valence-corrected chi connectivity index (χ1v) is 5.75. The van der Waals surface area contributed by atoms with E-state index in [2.05, 4.69) is 36.0 Å². The van der Waals surface area contributed by atoms with Crippen molar-refractivity contribution in [3.63, 3.8) is 0 Å². The van der Waals surface area contributed by atoms with Gasteiger partial charge in [0, 0.05) is 37.8 Å². The summed E-state index contributed by atoms with van der Waals surface area (Å²) in [6.45, 7) is 10.7. The van der Waals surface area contributed by atoms with Gasteiger partial charge in [0.2, 0.25) is 0 Å². The molecule has 0 aromatic carbocycles. The van der Waals surface area contributed by atoms with Crippen LogP contribution in [0.1, 0.15) is 20.3 Å². The van der Waals surface area contributed by atoms with E-state index in [-0.39, 0.29) is 0 Å². The van der Waals surface area contributed by atoms with Gasteiger partial charge >= 0.3 is 0 Å². The molecule has 0 bridgehead atoms. The predicted molar refractivity (Wildman–Crippen MR) is 59.6 cm³/mol. The Morgan fingerprint density at radius 1 is 1.29 bits per heavy atom. The molecule has 1 unspecified atom stereocenters. The third-order valence-electron chi connectivity index (χ3n) is 3.67. The molecule has 1 atom stereocenters. The first-order chi connectivity index (χ1) is 6.59. The largest absolute Gasteiger partial charge is 0.314 e. The Morgan fingerprint density at radius 2 is 2.07 bits per heavy atom. The van der Waals surface area contributed by atoms with Crippen molar-refractivity contribution < 1.29 is 0 Å². The highest BCUT2D eigenvalue weighted by molar-refractivity contribution is 4.95. The summed E-state index contributed by atoms with van der Waals surface area (Å²) >= 11 is 0. The van der Waals surface area contributed by atoms with Crippen LogP contribution in [0.15, 0.2) is 0 Å². The summed E-state index contributed by atoms with van der Waals surface area (Å²) in [4.78, 5) is 5.15. The van der Waals surface area contributed by atoms with Crippen LogP contribution >= 0.6 is 0 Å². The molecule has 82 valence electrons. The van der Waals surface area contributed by atoms with E-state index < -0.39 is 0 Å². The molecule has 0 aliphatic carbocycles. The van der Waals surface area contributed by atoms with E-state index in [1.165, 1.54) is 26.1 Å². The van der Waals surface area contributed by atoms with Crippen molar-refractivity contribution in [1.82, 2.24) is 15.1 Å². The van der Waals surface area contributed by atoms with Crippen molar-refractivity contribution in [2.24, 2.45) is 0 Å². The SMILES string of the molecule is CN1CCC(N2CCNCC2(C)C)C1. The molecule has 2 saturated heterocycles. The van der Waals surface area contributed by atoms with Gasteiger partial charge in [-0.2, -0.15) is 0 Å². The summed E-state index contributed by atoms with van der Waals surface area (Å²) in [7, 11) is 2.23. The Hall–Kier alpha value is -0.120.